The smallest absolute Gasteiger partial charge is 0.251 e. The van der Waals surface area contributed by atoms with Crippen molar-refractivity contribution in [2.45, 2.75) is 39.2 Å². The van der Waals surface area contributed by atoms with E-state index in [4.69, 9.17) is 4.98 Å². The Morgan fingerprint density at radius 3 is 2.45 bits per heavy atom. The number of benzene rings is 2. The second-order valence-corrected chi connectivity index (χ2v) is 8.86. The zero-order valence-corrected chi connectivity index (χ0v) is 19.1. The van der Waals surface area contributed by atoms with Crippen molar-refractivity contribution in [3.05, 3.63) is 94.3 Å². The van der Waals surface area contributed by atoms with Crippen LogP contribution in [0, 0.1) is 12.7 Å². The molecule has 1 atom stereocenters. The van der Waals surface area contributed by atoms with Gasteiger partial charge in [0, 0.05) is 47.7 Å². The van der Waals surface area contributed by atoms with Gasteiger partial charge in [-0.1, -0.05) is 18.2 Å². The van der Waals surface area contributed by atoms with Crippen LogP contribution in [0.3, 0.4) is 0 Å². The second-order valence-electron chi connectivity index (χ2n) is 8.86. The molecule has 2 aromatic carbocycles. The van der Waals surface area contributed by atoms with Gasteiger partial charge in [-0.05, 0) is 80.6 Å². The zero-order valence-electron chi connectivity index (χ0n) is 19.1. The summed E-state index contributed by atoms with van der Waals surface area (Å²) in [7, 11) is 0. The predicted octanol–water partition coefficient (Wildman–Crippen LogP) is 6.11. The summed E-state index contributed by atoms with van der Waals surface area (Å²) in [4.78, 5) is 20.0. The molecule has 5 heteroatoms. The standard InChI is InChI=1S/C28H28FN3O/c1-19-27(20(2)32-17-7-4-8-26(32)33)28(21-9-11-22(29)12-10-21)24-18-23(13-14-25(24)30-19)31-15-5-3-6-16-31/h4,7-14,17-18,20H,3,5-6,15-16H2,1-2H3. The van der Waals surface area contributed by atoms with E-state index < -0.39 is 0 Å². The molecule has 0 saturated carbocycles. The van der Waals surface area contributed by atoms with Gasteiger partial charge >= 0.3 is 0 Å². The van der Waals surface area contributed by atoms with E-state index in [-0.39, 0.29) is 17.4 Å². The molecule has 5 rings (SSSR count). The van der Waals surface area contributed by atoms with E-state index in [2.05, 4.69) is 23.1 Å². The van der Waals surface area contributed by atoms with E-state index >= 15 is 0 Å². The first-order valence-electron chi connectivity index (χ1n) is 11.7. The monoisotopic (exact) mass is 441 g/mol. The molecule has 4 nitrogen and oxygen atoms in total. The number of rotatable bonds is 4. The molecule has 4 aromatic rings. The molecule has 3 heterocycles. The Balaban J connectivity index is 1.78. The summed E-state index contributed by atoms with van der Waals surface area (Å²) in [6.07, 6.45) is 5.50. The summed E-state index contributed by atoms with van der Waals surface area (Å²) in [5.41, 5.74) is 5.83. The summed E-state index contributed by atoms with van der Waals surface area (Å²) in [6.45, 7) is 6.13. The summed E-state index contributed by atoms with van der Waals surface area (Å²) >= 11 is 0. The lowest BCUT2D eigenvalue weighted by atomic mass is 9.90. The molecule has 0 N–H and O–H groups in total. The average molecular weight is 442 g/mol. The third-order valence-electron chi connectivity index (χ3n) is 6.74. The number of hydrogen-bond donors (Lipinski definition) is 0. The van der Waals surface area contributed by atoms with E-state index in [1.165, 1.54) is 37.1 Å². The fraction of sp³-hybridized carbons (Fsp3) is 0.286. The summed E-state index contributed by atoms with van der Waals surface area (Å²) < 4.78 is 15.5. The minimum atomic E-state index is -0.267. The van der Waals surface area contributed by atoms with Gasteiger partial charge in [0.1, 0.15) is 5.82 Å². The van der Waals surface area contributed by atoms with E-state index in [9.17, 15) is 9.18 Å². The van der Waals surface area contributed by atoms with Gasteiger partial charge in [0.15, 0.2) is 0 Å². The quantitative estimate of drug-likeness (QED) is 0.383. The van der Waals surface area contributed by atoms with Crippen molar-refractivity contribution < 1.29 is 4.39 Å². The third kappa shape index (κ3) is 4.04. The molecule has 1 unspecified atom stereocenters. The normalized spacial score (nSPS) is 15.1. The number of pyridine rings is 2. The SMILES string of the molecule is Cc1nc2ccc(N3CCCCC3)cc2c(-c2ccc(F)cc2)c1C(C)n1ccccc1=O. The highest BCUT2D eigenvalue weighted by Crippen LogP contribution is 2.39. The van der Waals surface area contributed by atoms with Crippen LogP contribution in [-0.4, -0.2) is 22.6 Å². The van der Waals surface area contributed by atoms with Gasteiger partial charge in [-0.15, -0.1) is 0 Å². The summed E-state index contributed by atoms with van der Waals surface area (Å²) in [5, 5.41) is 1.03. The number of anilines is 1. The molecule has 168 valence electrons. The van der Waals surface area contributed by atoms with Crippen LogP contribution in [0.25, 0.3) is 22.0 Å². The Morgan fingerprint density at radius 2 is 1.73 bits per heavy atom. The topological polar surface area (TPSA) is 38.1 Å². The highest BCUT2D eigenvalue weighted by Gasteiger charge is 2.22. The molecule has 1 saturated heterocycles. The van der Waals surface area contributed by atoms with Crippen molar-refractivity contribution in [2.24, 2.45) is 0 Å². The number of aromatic nitrogens is 2. The number of aryl methyl sites for hydroxylation is 1. The predicted molar refractivity (Wildman–Crippen MR) is 132 cm³/mol. The van der Waals surface area contributed by atoms with Crippen LogP contribution in [0.5, 0.6) is 0 Å². The Kier molecular flexibility index (Phi) is 5.71. The number of fused-ring (bicyclic) bond motifs is 1. The molecule has 1 aliphatic rings. The van der Waals surface area contributed by atoms with Crippen molar-refractivity contribution in [3.8, 4) is 11.1 Å². The zero-order chi connectivity index (χ0) is 22.9. The highest BCUT2D eigenvalue weighted by atomic mass is 19.1. The first-order chi connectivity index (χ1) is 16.0. The maximum absolute atomic E-state index is 13.8. The molecule has 0 radical (unpaired) electrons. The molecule has 0 amide bonds. The van der Waals surface area contributed by atoms with Crippen molar-refractivity contribution in [2.75, 3.05) is 18.0 Å². The first kappa shape index (κ1) is 21.4. The van der Waals surface area contributed by atoms with Gasteiger partial charge in [0.25, 0.3) is 5.56 Å². The molecule has 1 aliphatic heterocycles. The van der Waals surface area contributed by atoms with E-state index in [0.717, 1.165) is 46.4 Å². The number of piperidine rings is 1. The van der Waals surface area contributed by atoms with Crippen molar-refractivity contribution in [3.63, 3.8) is 0 Å². The van der Waals surface area contributed by atoms with Gasteiger partial charge in [0.2, 0.25) is 0 Å². The largest absolute Gasteiger partial charge is 0.372 e. The Hall–Kier alpha value is -3.47. The Labute approximate surface area is 193 Å². The first-order valence-corrected chi connectivity index (χ1v) is 11.7. The van der Waals surface area contributed by atoms with Crippen molar-refractivity contribution in [1.29, 1.82) is 0 Å². The lowest BCUT2D eigenvalue weighted by Gasteiger charge is -2.29. The average Bonchev–Trinajstić information content (AvgIpc) is 2.84. The van der Waals surface area contributed by atoms with Gasteiger partial charge in [0.05, 0.1) is 11.6 Å². The maximum atomic E-state index is 13.8. The van der Waals surface area contributed by atoms with Crippen LogP contribution in [0.2, 0.25) is 0 Å². The molecular formula is C28H28FN3O. The van der Waals surface area contributed by atoms with Gasteiger partial charge < -0.3 is 9.47 Å². The van der Waals surface area contributed by atoms with Crippen molar-refractivity contribution >= 4 is 16.6 Å². The fourth-order valence-electron chi connectivity index (χ4n) is 5.08. The third-order valence-corrected chi connectivity index (χ3v) is 6.74. The second kappa shape index (κ2) is 8.81. The van der Waals surface area contributed by atoms with E-state index in [1.807, 2.05) is 38.2 Å². The molecule has 33 heavy (non-hydrogen) atoms. The minimum absolute atomic E-state index is 0.0587. The van der Waals surface area contributed by atoms with Crippen LogP contribution in [0.15, 0.2) is 71.7 Å². The van der Waals surface area contributed by atoms with Crippen molar-refractivity contribution in [1.82, 2.24) is 9.55 Å². The number of hydrogen-bond acceptors (Lipinski definition) is 3. The van der Waals surface area contributed by atoms with Crippen LogP contribution < -0.4 is 10.5 Å². The van der Waals surface area contributed by atoms with Gasteiger partial charge in [-0.2, -0.15) is 0 Å². The molecular weight excluding hydrogens is 413 g/mol. The maximum Gasteiger partial charge on any atom is 0.251 e. The Bertz CT molecular complexity index is 1350. The Morgan fingerprint density at radius 1 is 0.970 bits per heavy atom. The lowest BCUT2D eigenvalue weighted by Crippen LogP contribution is -2.29. The van der Waals surface area contributed by atoms with Crippen LogP contribution >= 0.6 is 0 Å². The lowest BCUT2D eigenvalue weighted by molar-refractivity contribution is 0.578. The number of nitrogens with zero attached hydrogens (tertiary/aromatic N) is 3. The summed E-state index contributed by atoms with van der Waals surface area (Å²) in [5.74, 6) is -0.267. The van der Waals surface area contributed by atoms with Crippen LogP contribution in [-0.2, 0) is 0 Å². The highest BCUT2D eigenvalue weighted by molar-refractivity contribution is 5.98. The van der Waals surface area contributed by atoms with E-state index in [0.29, 0.717) is 0 Å². The fourth-order valence-corrected chi connectivity index (χ4v) is 5.08. The summed E-state index contributed by atoms with van der Waals surface area (Å²) in [6, 6.07) is 18.1. The minimum Gasteiger partial charge on any atom is -0.372 e. The number of halogens is 1. The molecule has 1 fully saturated rings. The van der Waals surface area contributed by atoms with Gasteiger partial charge in [-0.3, -0.25) is 9.78 Å². The van der Waals surface area contributed by atoms with Gasteiger partial charge in [-0.25, -0.2) is 4.39 Å². The molecule has 0 bridgehead atoms. The van der Waals surface area contributed by atoms with Crippen LogP contribution in [0.1, 0.15) is 43.5 Å². The van der Waals surface area contributed by atoms with E-state index in [1.54, 1.807) is 16.7 Å². The molecule has 0 spiro atoms. The molecule has 2 aromatic heterocycles. The molecule has 0 aliphatic carbocycles. The van der Waals surface area contributed by atoms with Crippen LogP contribution in [0.4, 0.5) is 10.1 Å².